The van der Waals surface area contributed by atoms with Crippen molar-refractivity contribution in [2.24, 2.45) is 29.6 Å². The standard InChI is InChI=1S/C73H124N14O17S/c1-39(2)36-50(79-58(90)45(12)76-65(97)56(43(9)10)85-69(101)73(20,21)87-63(95)51(37-40(3)4)80-57(89)44(11)75-62(94)49(33-35-105-23)82-70(102)104-71(15,16)17)61(93)74-34-29-25-28-32-53(88)83-54(41(5)6)64(96)78-47(14)60(92)86-72(18,19)68(100)84-55(42(7)8)66(98)77-46(13)59(91)81-52(67(99)103-22)38-48-30-26-24-27-31-48/h24,26-27,30-31,39-47,49-52,54-56H,25,28-29,32-38H2,1-23H3,(H,74,93)(H,75,94)(H,76,97)(H,77,98)(H,78,96)(H,79,90)(H,80,89)(H,81,91)(H,82,102)(H,83,88)(H,84,100)(H,85,101)(H,86,92)(H,87,95)/t44-,45-,46-,47-,49-,50-,51-,52-,54-,55-,56-/m0/s1. The number of hydrogen-bond donors (Lipinski definition) is 14. The third-order valence-corrected chi connectivity index (χ3v) is 17.2. The Morgan fingerprint density at radius 1 is 0.419 bits per heavy atom. The van der Waals surface area contributed by atoms with E-state index < -0.39 is 190 Å². The summed E-state index contributed by atoms with van der Waals surface area (Å²) in [6, 6.07) is -3.40. The highest BCUT2D eigenvalue weighted by molar-refractivity contribution is 7.98. The highest BCUT2D eigenvalue weighted by Crippen LogP contribution is 2.16. The van der Waals surface area contributed by atoms with Gasteiger partial charge in [-0.05, 0) is 155 Å². The van der Waals surface area contributed by atoms with Gasteiger partial charge >= 0.3 is 12.1 Å². The van der Waals surface area contributed by atoms with Crippen molar-refractivity contribution in [3.63, 3.8) is 0 Å². The van der Waals surface area contributed by atoms with E-state index in [2.05, 4.69) is 74.4 Å². The molecule has 0 spiro atoms. The molecule has 31 nitrogen and oxygen atoms in total. The molecule has 0 saturated carbocycles. The summed E-state index contributed by atoms with van der Waals surface area (Å²) < 4.78 is 10.2. The second-order valence-corrected chi connectivity index (χ2v) is 31.6. The molecule has 0 aliphatic carbocycles. The summed E-state index contributed by atoms with van der Waals surface area (Å²) >= 11 is 1.46. The van der Waals surface area contributed by atoms with Crippen LogP contribution in [0.5, 0.6) is 0 Å². The summed E-state index contributed by atoms with van der Waals surface area (Å²) in [4.78, 5) is 202. The molecule has 0 unspecified atom stereocenters. The Morgan fingerprint density at radius 2 is 0.819 bits per heavy atom. The fourth-order valence-electron chi connectivity index (χ4n) is 10.3. The van der Waals surface area contributed by atoms with Gasteiger partial charge in [0.05, 0.1) is 7.11 Å². The minimum absolute atomic E-state index is 0.0194. The number of rotatable bonds is 44. The quantitative estimate of drug-likeness (QED) is 0.0330. The number of esters is 1. The predicted molar refractivity (Wildman–Crippen MR) is 400 cm³/mol. The summed E-state index contributed by atoms with van der Waals surface area (Å²) in [5.74, 6) is -10.5. The lowest BCUT2D eigenvalue weighted by atomic mass is 9.97. The summed E-state index contributed by atoms with van der Waals surface area (Å²) in [6.45, 7) is 34.0. The van der Waals surface area contributed by atoms with Gasteiger partial charge < -0.3 is 83.9 Å². The minimum Gasteiger partial charge on any atom is -0.467 e. The predicted octanol–water partition coefficient (Wildman–Crippen LogP) is 2.50. The number of amides is 14. The van der Waals surface area contributed by atoms with Crippen molar-refractivity contribution in [2.75, 3.05) is 25.7 Å². The zero-order valence-corrected chi connectivity index (χ0v) is 66.9. The zero-order valence-electron chi connectivity index (χ0n) is 66.0. The number of thioether (sulfide) groups is 1. The Morgan fingerprint density at radius 3 is 1.23 bits per heavy atom. The van der Waals surface area contributed by atoms with E-state index in [0.29, 0.717) is 25.0 Å². The molecule has 0 radical (unpaired) electrons. The lowest BCUT2D eigenvalue weighted by Crippen LogP contribution is -2.63. The highest BCUT2D eigenvalue weighted by Gasteiger charge is 2.40. The molecule has 14 N–H and O–H groups in total. The smallest absolute Gasteiger partial charge is 0.408 e. The monoisotopic (exact) mass is 1500 g/mol. The molecule has 11 atom stereocenters. The van der Waals surface area contributed by atoms with Crippen LogP contribution in [0.2, 0.25) is 0 Å². The Bertz CT molecular complexity index is 3100. The largest absolute Gasteiger partial charge is 0.467 e. The summed E-state index contributed by atoms with van der Waals surface area (Å²) in [7, 11) is 1.19. The van der Waals surface area contributed by atoms with E-state index in [1.807, 2.05) is 40.0 Å². The van der Waals surface area contributed by atoms with Gasteiger partial charge in [-0.1, -0.05) is 106 Å². The molecule has 32 heteroatoms. The maximum absolute atomic E-state index is 13.9. The van der Waals surface area contributed by atoms with Gasteiger partial charge in [0, 0.05) is 19.4 Å². The van der Waals surface area contributed by atoms with E-state index in [1.165, 1.54) is 74.3 Å². The molecule has 1 rings (SSSR count). The molecule has 0 aromatic heterocycles. The van der Waals surface area contributed by atoms with Gasteiger partial charge in [0.25, 0.3) is 0 Å². The van der Waals surface area contributed by atoms with E-state index in [-0.39, 0.29) is 50.5 Å². The van der Waals surface area contributed by atoms with Gasteiger partial charge in [-0.25, -0.2) is 9.59 Å². The van der Waals surface area contributed by atoms with Crippen LogP contribution in [-0.2, 0) is 83.0 Å². The van der Waals surface area contributed by atoms with Crippen molar-refractivity contribution in [1.82, 2.24) is 74.4 Å². The number of benzene rings is 1. The second kappa shape index (κ2) is 45.0. The van der Waals surface area contributed by atoms with Crippen LogP contribution >= 0.6 is 11.8 Å². The second-order valence-electron chi connectivity index (χ2n) is 30.6. The molecule has 14 amide bonds. The summed E-state index contributed by atoms with van der Waals surface area (Å²) in [6.07, 6.45) is 3.11. The van der Waals surface area contributed by atoms with Crippen molar-refractivity contribution in [3.8, 4) is 0 Å². The maximum Gasteiger partial charge on any atom is 0.408 e. The molecule has 0 aliphatic rings. The Kier molecular flexibility index (Phi) is 40.5. The SMILES string of the molecule is COC(=O)[C@H](Cc1ccccc1)NC(=O)[C@H](C)NC(=O)[C@@H](NC(=O)C(C)(C)NC(=O)[C@H](C)NC(=O)[C@@H](NC(=O)CCCCCNC(=O)[C@H](CC(C)C)NC(=O)[C@H](C)NC(=O)[C@@H](NC(=O)C(C)(C)NC(=O)[C@H](CC(C)C)NC(=O)[C@H](C)NC(=O)[C@H](CCSC)NC(=O)OC(C)(C)C)C(C)C)C(C)C)C(C)C. The molecule has 105 heavy (non-hydrogen) atoms. The van der Waals surface area contributed by atoms with Crippen molar-refractivity contribution in [3.05, 3.63) is 35.9 Å². The first-order valence-electron chi connectivity index (χ1n) is 36.1. The van der Waals surface area contributed by atoms with Gasteiger partial charge in [0.15, 0.2) is 0 Å². The number of alkyl carbamates (subject to hydrolysis) is 1. The fourth-order valence-corrected chi connectivity index (χ4v) is 10.7. The molecule has 1 aromatic carbocycles. The first-order chi connectivity index (χ1) is 48.6. The van der Waals surface area contributed by atoms with E-state index >= 15 is 0 Å². The summed E-state index contributed by atoms with van der Waals surface area (Å²) in [5, 5.41) is 37.2. The Labute approximate surface area is 624 Å². The average molecular weight is 1500 g/mol. The molecular weight excluding hydrogens is 1380 g/mol. The Hall–Kier alpha value is -8.58. The molecule has 0 bridgehead atoms. The van der Waals surface area contributed by atoms with Gasteiger partial charge in [-0.3, -0.25) is 62.3 Å². The number of carbonyl (C=O) groups is 15. The average Bonchev–Trinajstić information content (AvgIpc) is 0.836. The zero-order chi connectivity index (χ0) is 80.6. The van der Waals surface area contributed by atoms with Gasteiger partial charge in [0.1, 0.15) is 83.1 Å². The van der Waals surface area contributed by atoms with Gasteiger partial charge in [0.2, 0.25) is 76.8 Å². The van der Waals surface area contributed by atoms with Crippen LogP contribution in [0.25, 0.3) is 0 Å². The van der Waals surface area contributed by atoms with Crippen LogP contribution < -0.4 is 74.4 Å². The minimum atomic E-state index is -1.66. The third kappa shape index (κ3) is 35.4. The fraction of sp³-hybridized carbons (Fsp3) is 0.712. The number of nitrogens with one attached hydrogen (secondary N) is 14. The lowest BCUT2D eigenvalue weighted by Gasteiger charge is -2.32. The van der Waals surface area contributed by atoms with E-state index in [1.54, 1.807) is 86.6 Å². The third-order valence-electron chi connectivity index (χ3n) is 16.5. The number of methoxy groups -OCH3 is 1. The van der Waals surface area contributed by atoms with Crippen LogP contribution in [0.4, 0.5) is 4.79 Å². The molecule has 0 saturated heterocycles. The van der Waals surface area contributed by atoms with E-state index in [0.717, 1.165) is 5.56 Å². The van der Waals surface area contributed by atoms with Crippen molar-refractivity contribution >= 4 is 101 Å². The number of hydrogen-bond acceptors (Lipinski definition) is 18. The normalized spacial score (nSPS) is 14.9. The van der Waals surface area contributed by atoms with Crippen LogP contribution in [0.3, 0.4) is 0 Å². The van der Waals surface area contributed by atoms with E-state index in [9.17, 15) is 71.9 Å². The first kappa shape index (κ1) is 94.4. The van der Waals surface area contributed by atoms with Crippen LogP contribution in [0.1, 0.15) is 196 Å². The topological polar surface area (TPSA) is 443 Å². The van der Waals surface area contributed by atoms with Crippen LogP contribution in [-0.4, -0.2) is 198 Å². The van der Waals surface area contributed by atoms with Crippen molar-refractivity contribution in [1.29, 1.82) is 0 Å². The maximum atomic E-state index is 13.9. The Balaban J connectivity index is 2.86. The van der Waals surface area contributed by atoms with Crippen LogP contribution in [0, 0.1) is 29.6 Å². The number of carbonyl (C=O) groups excluding carboxylic acids is 15. The van der Waals surface area contributed by atoms with Gasteiger partial charge in [-0.15, -0.1) is 0 Å². The molecule has 1 aromatic rings. The highest BCUT2D eigenvalue weighted by atomic mass is 32.2. The van der Waals surface area contributed by atoms with Gasteiger partial charge in [-0.2, -0.15) is 11.8 Å². The molecule has 594 valence electrons. The molecular formula is C73H124N14O17S. The molecule has 0 heterocycles. The van der Waals surface area contributed by atoms with Crippen LogP contribution in [0.15, 0.2) is 30.3 Å². The first-order valence-corrected chi connectivity index (χ1v) is 37.5. The summed E-state index contributed by atoms with van der Waals surface area (Å²) in [5.41, 5.74) is -3.34. The number of unbranched alkanes of at least 4 members (excludes halogenated alkanes) is 2. The van der Waals surface area contributed by atoms with Crippen molar-refractivity contribution in [2.45, 2.75) is 280 Å². The van der Waals surface area contributed by atoms with Crippen molar-refractivity contribution < 1.29 is 81.4 Å². The number of ether oxygens (including phenoxy) is 2. The van der Waals surface area contributed by atoms with E-state index in [4.69, 9.17) is 9.47 Å². The molecule has 0 aliphatic heterocycles. The molecule has 0 fully saturated rings. The lowest BCUT2D eigenvalue weighted by molar-refractivity contribution is -0.145.